The number of furan rings is 1. The molecule has 0 saturated heterocycles. The zero-order valence-electron chi connectivity index (χ0n) is 35.9. The normalized spacial score (nSPS) is 15.4. The molecular weight excluding hydrogens is 763 g/mol. The van der Waals surface area contributed by atoms with E-state index in [1.165, 1.54) is 77.9 Å². The number of nitrogens with zero attached hydrogens (tertiary/aromatic N) is 1. The standard InChI is InChI=1S/C61H45NO/c1-59(2)50-24-12-8-19-42(50)46-33-30-40(36-54(46)59)62(41-31-34-47-43-20-9-13-25-51(43)60(3,4)55(47)37-41)56-28-16-23-49-48-32-29-39(35-57(48)63-58(49)56)61(38-17-6-5-7-18-38)52-26-14-10-21-44(52)45-22-11-15-27-53(45)61/h5-37H,1-4H3. The van der Waals surface area contributed by atoms with Gasteiger partial charge >= 0.3 is 0 Å². The van der Waals surface area contributed by atoms with Crippen LogP contribution in [0.4, 0.5) is 17.1 Å². The molecule has 0 spiro atoms. The summed E-state index contributed by atoms with van der Waals surface area (Å²) in [6, 6.07) is 74.4. The third-order valence-corrected chi connectivity index (χ3v) is 15.0. The third kappa shape index (κ3) is 4.79. The molecule has 9 aromatic carbocycles. The van der Waals surface area contributed by atoms with Gasteiger partial charge in [-0.05, 0) is 114 Å². The molecule has 0 atom stereocenters. The molecule has 13 rings (SSSR count). The van der Waals surface area contributed by atoms with Crippen LogP contribution in [-0.4, -0.2) is 0 Å². The van der Waals surface area contributed by atoms with Crippen molar-refractivity contribution in [3.05, 3.63) is 245 Å². The van der Waals surface area contributed by atoms with Gasteiger partial charge in [0.05, 0.1) is 11.1 Å². The Morgan fingerprint density at radius 3 is 1.38 bits per heavy atom. The zero-order chi connectivity index (χ0) is 42.2. The lowest BCUT2D eigenvalue weighted by molar-refractivity contribution is 0.659. The van der Waals surface area contributed by atoms with E-state index in [9.17, 15) is 0 Å². The lowest BCUT2D eigenvalue weighted by Gasteiger charge is -2.33. The Kier molecular flexibility index (Phi) is 7.37. The summed E-state index contributed by atoms with van der Waals surface area (Å²) in [6.45, 7) is 9.45. The van der Waals surface area contributed by atoms with Crippen molar-refractivity contribution in [1.82, 2.24) is 0 Å². The highest BCUT2D eigenvalue weighted by Crippen LogP contribution is 2.58. The Morgan fingerprint density at radius 2 is 0.825 bits per heavy atom. The molecule has 2 nitrogen and oxygen atoms in total. The van der Waals surface area contributed by atoms with Gasteiger partial charge in [-0.2, -0.15) is 0 Å². The lowest BCUT2D eigenvalue weighted by Crippen LogP contribution is -2.28. The summed E-state index contributed by atoms with van der Waals surface area (Å²) in [5.74, 6) is 0. The molecule has 0 bridgehead atoms. The highest BCUT2D eigenvalue weighted by Gasteiger charge is 2.46. The van der Waals surface area contributed by atoms with Crippen molar-refractivity contribution < 1.29 is 4.42 Å². The Balaban J connectivity index is 1.04. The molecule has 0 saturated carbocycles. The first kappa shape index (κ1) is 36.3. The summed E-state index contributed by atoms with van der Waals surface area (Å²) in [6.07, 6.45) is 0. The Morgan fingerprint density at radius 1 is 0.349 bits per heavy atom. The molecule has 0 fully saturated rings. The minimum atomic E-state index is -0.514. The fourth-order valence-corrected chi connectivity index (χ4v) is 12.0. The SMILES string of the molecule is CC1(C)c2ccccc2-c2ccc(N(c3ccc4c(c3)C(C)(C)c3ccccc3-4)c3cccc4c3oc3cc(C5(c6ccccc6)c6ccccc6-c6ccccc65)ccc34)cc21. The zero-order valence-corrected chi connectivity index (χ0v) is 35.9. The number of rotatable bonds is 5. The van der Waals surface area contributed by atoms with E-state index in [0.29, 0.717) is 0 Å². The van der Waals surface area contributed by atoms with E-state index in [2.05, 4.69) is 233 Å². The Bertz CT molecular complexity index is 3380. The number of hydrogen-bond donors (Lipinski definition) is 0. The summed E-state index contributed by atoms with van der Waals surface area (Å²) >= 11 is 0. The van der Waals surface area contributed by atoms with Crippen LogP contribution in [0.15, 0.2) is 205 Å². The fourth-order valence-electron chi connectivity index (χ4n) is 12.0. The highest BCUT2D eigenvalue weighted by atomic mass is 16.3. The molecule has 2 heteroatoms. The number of fused-ring (bicyclic) bond motifs is 12. The molecule has 1 aromatic heterocycles. The molecule has 1 heterocycles. The predicted molar refractivity (Wildman–Crippen MR) is 261 cm³/mol. The summed E-state index contributed by atoms with van der Waals surface area (Å²) in [5.41, 5.74) is 22.4. The number of hydrogen-bond acceptors (Lipinski definition) is 2. The van der Waals surface area contributed by atoms with Gasteiger partial charge in [0.1, 0.15) is 5.58 Å². The monoisotopic (exact) mass is 807 g/mol. The molecule has 0 radical (unpaired) electrons. The van der Waals surface area contributed by atoms with Crippen LogP contribution < -0.4 is 4.90 Å². The second-order valence-corrected chi connectivity index (χ2v) is 18.8. The van der Waals surface area contributed by atoms with Crippen molar-refractivity contribution in [2.45, 2.75) is 43.9 Å². The van der Waals surface area contributed by atoms with Crippen LogP contribution in [0.25, 0.3) is 55.3 Å². The van der Waals surface area contributed by atoms with E-state index in [4.69, 9.17) is 4.42 Å². The van der Waals surface area contributed by atoms with Crippen LogP contribution in [0.3, 0.4) is 0 Å². The van der Waals surface area contributed by atoms with E-state index >= 15 is 0 Å². The quantitative estimate of drug-likeness (QED) is 0.172. The first-order valence-electron chi connectivity index (χ1n) is 22.3. The number of para-hydroxylation sites is 1. The van der Waals surface area contributed by atoms with Crippen LogP contribution >= 0.6 is 0 Å². The van der Waals surface area contributed by atoms with E-state index in [1.54, 1.807) is 0 Å². The van der Waals surface area contributed by atoms with Crippen LogP contribution in [0.1, 0.15) is 72.2 Å². The molecule has 300 valence electrons. The van der Waals surface area contributed by atoms with Gasteiger partial charge in [0.15, 0.2) is 5.58 Å². The predicted octanol–water partition coefficient (Wildman–Crippen LogP) is 16.0. The van der Waals surface area contributed by atoms with Gasteiger partial charge in [0.25, 0.3) is 0 Å². The van der Waals surface area contributed by atoms with E-state index in [1.807, 2.05) is 0 Å². The molecule has 3 aliphatic rings. The Labute approximate surface area is 368 Å². The summed E-state index contributed by atoms with van der Waals surface area (Å²) in [5, 5.41) is 2.21. The molecular formula is C61H45NO. The second-order valence-electron chi connectivity index (χ2n) is 18.8. The highest BCUT2D eigenvalue weighted by molar-refractivity contribution is 6.11. The topological polar surface area (TPSA) is 16.4 Å². The third-order valence-electron chi connectivity index (χ3n) is 15.0. The lowest BCUT2D eigenvalue weighted by atomic mass is 9.67. The van der Waals surface area contributed by atoms with Gasteiger partial charge in [0.2, 0.25) is 0 Å². The minimum absolute atomic E-state index is 0.150. The average molecular weight is 808 g/mol. The number of anilines is 3. The van der Waals surface area contributed by atoms with Crippen molar-refractivity contribution >= 4 is 39.0 Å². The molecule has 0 amide bonds. The largest absolute Gasteiger partial charge is 0.454 e. The van der Waals surface area contributed by atoms with E-state index in [0.717, 1.165) is 39.0 Å². The molecule has 3 aliphatic carbocycles. The fraction of sp³-hybridized carbons (Fsp3) is 0.115. The van der Waals surface area contributed by atoms with Crippen molar-refractivity contribution in [3.8, 4) is 33.4 Å². The molecule has 10 aromatic rings. The minimum Gasteiger partial charge on any atom is -0.454 e. The van der Waals surface area contributed by atoms with E-state index < -0.39 is 5.41 Å². The van der Waals surface area contributed by atoms with Crippen molar-refractivity contribution in [1.29, 1.82) is 0 Å². The second kappa shape index (κ2) is 12.8. The number of benzene rings is 9. The first-order chi connectivity index (χ1) is 30.8. The van der Waals surface area contributed by atoms with Crippen molar-refractivity contribution in [3.63, 3.8) is 0 Å². The van der Waals surface area contributed by atoms with Gasteiger partial charge in [-0.25, -0.2) is 0 Å². The Hall–Kier alpha value is -7.42. The van der Waals surface area contributed by atoms with Crippen LogP contribution in [0, 0.1) is 0 Å². The van der Waals surface area contributed by atoms with Crippen molar-refractivity contribution in [2.24, 2.45) is 0 Å². The maximum atomic E-state index is 7.29. The maximum absolute atomic E-state index is 7.29. The van der Waals surface area contributed by atoms with Gasteiger partial charge < -0.3 is 9.32 Å². The summed E-state index contributed by atoms with van der Waals surface area (Å²) < 4.78 is 7.29. The smallest absolute Gasteiger partial charge is 0.159 e. The summed E-state index contributed by atoms with van der Waals surface area (Å²) in [7, 11) is 0. The van der Waals surface area contributed by atoms with Gasteiger partial charge in [0, 0.05) is 33.0 Å². The average Bonchev–Trinajstić information content (AvgIpc) is 3.99. The first-order valence-corrected chi connectivity index (χ1v) is 22.3. The molecule has 0 unspecified atom stereocenters. The van der Waals surface area contributed by atoms with E-state index in [-0.39, 0.29) is 10.8 Å². The molecule has 0 aliphatic heterocycles. The van der Waals surface area contributed by atoms with Gasteiger partial charge in [-0.3, -0.25) is 0 Å². The van der Waals surface area contributed by atoms with Crippen LogP contribution in [0.2, 0.25) is 0 Å². The van der Waals surface area contributed by atoms with Crippen LogP contribution in [-0.2, 0) is 16.2 Å². The van der Waals surface area contributed by atoms with Crippen molar-refractivity contribution in [2.75, 3.05) is 4.90 Å². The summed E-state index contributed by atoms with van der Waals surface area (Å²) in [4.78, 5) is 2.44. The van der Waals surface area contributed by atoms with Crippen LogP contribution in [0.5, 0.6) is 0 Å². The maximum Gasteiger partial charge on any atom is 0.159 e. The molecule has 0 N–H and O–H groups in total. The van der Waals surface area contributed by atoms with Gasteiger partial charge in [-0.1, -0.05) is 191 Å². The van der Waals surface area contributed by atoms with Gasteiger partial charge in [-0.15, -0.1) is 0 Å². The molecule has 63 heavy (non-hydrogen) atoms.